The number of aliphatic hydroxyl groups is 5. The standard InChI is InChI=1S/C9H15N3O7/c13-2-4-1-12(11-10-4)19-9-8(17)7(16)6(15)5(3-14)18-9/h1,5-9,13-17H,2-3H2/t5-,6-,7+,8+,9-/m1/s1. The molecule has 0 aromatic carbocycles. The molecular formula is C9H15N3O7. The van der Waals surface area contributed by atoms with Gasteiger partial charge in [0.15, 0.2) is 0 Å². The Bertz CT molecular complexity index is 412. The zero-order valence-corrected chi connectivity index (χ0v) is 9.77. The van der Waals surface area contributed by atoms with Crippen LogP contribution in [0, 0.1) is 0 Å². The van der Waals surface area contributed by atoms with Crippen LogP contribution in [0.1, 0.15) is 5.69 Å². The highest BCUT2D eigenvalue weighted by atomic mass is 16.8. The molecule has 10 nitrogen and oxygen atoms in total. The van der Waals surface area contributed by atoms with Crippen LogP contribution >= 0.6 is 0 Å². The van der Waals surface area contributed by atoms with E-state index in [1.807, 2.05) is 0 Å². The summed E-state index contributed by atoms with van der Waals surface area (Å²) in [5.41, 5.74) is 0.240. The quantitative estimate of drug-likeness (QED) is 0.371. The maximum absolute atomic E-state index is 9.69. The number of ether oxygens (including phenoxy) is 1. The first-order valence-corrected chi connectivity index (χ1v) is 5.56. The van der Waals surface area contributed by atoms with Crippen LogP contribution in [0.15, 0.2) is 6.20 Å². The van der Waals surface area contributed by atoms with E-state index in [2.05, 4.69) is 10.3 Å². The molecule has 1 aliphatic rings. The lowest BCUT2D eigenvalue weighted by Crippen LogP contribution is -2.61. The van der Waals surface area contributed by atoms with Crippen molar-refractivity contribution >= 4 is 0 Å². The van der Waals surface area contributed by atoms with Crippen LogP contribution in [0.4, 0.5) is 0 Å². The zero-order valence-electron chi connectivity index (χ0n) is 9.77. The van der Waals surface area contributed by atoms with Gasteiger partial charge in [-0.15, -0.1) is 5.10 Å². The molecule has 0 spiro atoms. The lowest BCUT2D eigenvalue weighted by atomic mass is 9.99. The largest absolute Gasteiger partial charge is 0.394 e. The number of nitrogens with zero attached hydrogens (tertiary/aromatic N) is 3. The molecule has 1 saturated heterocycles. The van der Waals surface area contributed by atoms with Crippen LogP contribution < -0.4 is 4.84 Å². The number of rotatable bonds is 4. The van der Waals surface area contributed by atoms with Crippen molar-refractivity contribution < 1.29 is 35.1 Å². The summed E-state index contributed by atoms with van der Waals surface area (Å²) in [6, 6.07) is 0. The van der Waals surface area contributed by atoms with E-state index in [4.69, 9.17) is 19.8 Å². The number of hydrogen-bond donors (Lipinski definition) is 5. The Kier molecular flexibility index (Phi) is 4.29. The van der Waals surface area contributed by atoms with Gasteiger partial charge in [0.05, 0.1) is 19.4 Å². The van der Waals surface area contributed by atoms with Crippen molar-refractivity contribution in [3.05, 3.63) is 11.9 Å². The molecule has 108 valence electrons. The molecule has 1 aromatic rings. The second-order valence-corrected chi connectivity index (χ2v) is 4.07. The fourth-order valence-electron chi connectivity index (χ4n) is 1.67. The molecule has 0 saturated carbocycles. The van der Waals surface area contributed by atoms with Gasteiger partial charge in [-0.3, -0.25) is 0 Å². The highest BCUT2D eigenvalue weighted by Gasteiger charge is 2.45. The average Bonchev–Trinajstić information content (AvgIpc) is 2.87. The van der Waals surface area contributed by atoms with E-state index in [0.29, 0.717) is 0 Å². The van der Waals surface area contributed by atoms with Crippen molar-refractivity contribution in [2.75, 3.05) is 6.61 Å². The Balaban J connectivity index is 2.06. The molecule has 0 amide bonds. The predicted octanol–water partition coefficient (Wildman–Crippen LogP) is -4.00. The number of aromatic nitrogens is 3. The molecule has 2 rings (SSSR count). The minimum Gasteiger partial charge on any atom is -0.394 e. The topological polar surface area (TPSA) is 150 Å². The van der Waals surface area contributed by atoms with Gasteiger partial charge in [-0.2, -0.15) is 0 Å². The molecule has 0 unspecified atom stereocenters. The second kappa shape index (κ2) is 5.77. The van der Waals surface area contributed by atoms with Crippen LogP contribution in [-0.4, -0.2) is 78.0 Å². The summed E-state index contributed by atoms with van der Waals surface area (Å²) >= 11 is 0. The lowest BCUT2D eigenvalue weighted by Gasteiger charge is -2.38. The van der Waals surface area contributed by atoms with Crippen molar-refractivity contribution in [3.8, 4) is 0 Å². The van der Waals surface area contributed by atoms with Crippen molar-refractivity contribution in [1.29, 1.82) is 0 Å². The van der Waals surface area contributed by atoms with E-state index >= 15 is 0 Å². The zero-order chi connectivity index (χ0) is 14.0. The summed E-state index contributed by atoms with van der Waals surface area (Å²) in [5.74, 6) is 0. The van der Waals surface area contributed by atoms with E-state index in [1.165, 1.54) is 6.20 Å². The van der Waals surface area contributed by atoms with Crippen LogP contribution in [0.3, 0.4) is 0 Å². The fourth-order valence-corrected chi connectivity index (χ4v) is 1.67. The molecule has 0 radical (unpaired) electrons. The van der Waals surface area contributed by atoms with E-state index in [0.717, 1.165) is 4.85 Å². The first-order valence-electron chi connectivity index (χ1n) is 5.56. The maximum Gasteiger partial charge on any atom is 0.256 e. The fraction of sp³-hybridized carbons (Fsp3) is 0.778. The smallest absolute Gasteiger partial charge is 0.256 e. The van der Waals surface area contributed by atoms with Gasteiger partial charge in [0.2, 0.25) is 0 Å². The van der Waals surface area contributed by atoms with Crippen LogP contribution in [0.25, 0.3) is 0 Å². The first kappa shape index (κ1) is 14.1. The Morgan fingerprint density at radius 3 is 2.53 bits per heavy atom. The SMILES string of the molecule is OCc1cn(O[C@H]2O[C@H](CO)[C@@H](O)[C@H](O)[C@@H]2O)nn1. The number of aliphatic hydroxyl groups excluding tert-OH is 5. The average molecular weight is 277 g/mol. The van der Waals surface area contributed by atoms with E-state index in [1.54, 1.807) is 0 Å². The summed E-state index contributed by atoms with van der Waals surface area (Å²) in [4.78, 5) is 5.92. The van der Waals surface area contributed by atoms with Crippen LogP contribution in [0.2, 0.25) is 0 Å². The van der Waals surface area contributed by atoms with Gasteiger partial charge >= 0.3 is 0 Å². The molecule has 1 fully saturated rings. The Hall–Kier alpha value is -1.30. The Labute approximate surface area is 107 Å². The van der Waals surface area contributed by atoms with Gasteiger partial charge in [0.25, 0.3) is 6.29 Å². The summed E-state index contributed by atoms with van der Waals surface area (Å²) in [6.07, 6.45) is -5.67. The lowest BCUT2D eigenvalue weighted by molar-refractivity contribution is -0.303. The molecule has 2 heterocycles. The third kappa shape index (κ3) is 2.83. The van der Waals surface area contributed by atoms with E-state index in [9.17, 15) is 15.3 Å². The molecule has 1 aliphatic heterocycles. The van der Waals surface area contributed by atoms with Crippen molar-refractivity contribution in [1.82, 2.24) is 15.2 Å². The minimum absolute atomic E-state index is 0.240. The van der Waals surface area contributed by atoms with Gasteiger partial charge in [0.1, 0.15) is 30.1 Å². The third-order valence-corrected chi connectivity index (χ3v) is 2.74. The molecule has 0 aliphatic carbocycles. The van der Waals surface area contributed by atoms with Gasteiger partial charge < -0.3 is 35.1 Å². The Morgan fingerprint density at radius 1 is 1.21 bits per heavy atom. The van der Waals surface area contributed by atoms with E-state index < -0.39 is 37.3 Å². The molecule has 10 heteroatoms. The van der Waals surface area contributed by atoms with Crippen molar-refractivity contribution in [2.24, 2.45) is 0 Å². The van der Waals surface area contributed by atoms with Gasteiger partial charge in [0, 0.05) is 0 Å². The van der Waals surface area contributed by atoms with Gasteiger partial charge in [-0.05, 0) is 5.21 Å². The molecule has 1 aromatic heterocycles. The predicted molar refractivity (Wildman–Crippen MR) is 56.3 cm³/mol. The second-order valence-electron chi connectivity index (χ2n) is 4.07. The summed E-state index contributed by atoms with van der Waals surface area (Å²) in [5, 5.41) is 53.6. The highest BCUT2D eigenvalue weighted by Crippen LogP contribution is 2.20. The Morgan fingerprint density at radius 2 is 1.95 bits per heavy atom. The first-order chi connectivity index (χ1) is 9.06. The molecule has 19 heavy (non-hydrogen) atoms. The normalized spacial score (nSPS) is 35.3. The third-order valence-electron chi connectivity index (χ3n) is 2.74. The van der Waals surface area contributed by atoms with Crippen molar-refractivity contribution in [3.63, 3.8) is 0 Å². The van der Waals surface area contributed by atoms with Crippen LogP contribution in [-0.2, 0) is 11.3 Å². The molecule has 5 N–H and O–H groups in total. The summed E-state index contributed by atoms with van der Waals surface area (Å²) in [7, 11) is 0. The van der Waals surface area contributed by atoms with Gasteiger partial charge in [-0.25, -0.2) is 0 Å². The maximum atomic E-state index is 9.69. The van der Waals surface area contributed by atoms with Crippen molar-refractivity contribution in [2.45, 2.75) is 37.3 Å². The van der Waals surface area contributed by atoms with E-state index in [-0.39, 0.29) is 12.3 Å². The number of hydrogen-bond acceptors (Lipinski definition) is 9. The molecule has 5 atom stereocenters. The van der Waals surface area contributed by atoms with Crippen LogP contribution in [0.5, 0.6) is 0 Å². The highest BCUT2D eigenvalue weighted by molar-refractivity contribution is 4.90. The monoisotopic (exact) mass is 277 g/mol. The summed E-state index contributed by atoms with van der Waals surface area (Å²) < 4.78 is 5.09. The minimum atomic E-state index is -1.53. The summed E-state index contributed by atoms with van der Waals surface area (Å²) in [6.45, 7) is -0.887. The van der Waals surface area contributed by atoms with Gasteiger partial charge in [-0.1, -0.05) is 4.85 Å². The molecule has 0 bridgehead atoms. The molecular weight excluding hydrogens is 262 g/mol.